The van der Waals surface area contributed by atoms with Crippen LogP contribution in [0.5, 0.6) is 0 Å². The van der Waals surface area contributed by atoms with Crippen LogP contribution in [0.2, 0.25) is 18.6 Å². The fraction of sp³-hybridized carbons (Fsp3) is 0.481. The van der Waals surface area contributed by atoms with Gasteiger partial charge in [-0.2, -0.15) is 0 Å². The molecule has 0 aliphatic carbocycles. The van der Waals surface area contributed by atoms with E-state index in [1.165, 1.54) is 23.1 Å². The molecule has 5 rings (SSSR count). The topological polar surface area (TPSA) is 113 Å². The number of fused-ring (bicyclic) bond motifs is 3. The first kappa shape index (κ1) is 26.5. The predicted octanol–water partition coefficient (Wildman–Crippen LogP) is 3.68. The first-order valence-corrected chi connectivity index (χ1v) is 15.8. The van der Waals surface area contributed by atoms with E-state index >= 15 is 4.11 Å². The third-order valence-corrected chi connectivity index (χ3v) is 11.0. The lowest BCUT2D eigenvalue weighted by Gasteiger charge is -2.37. The molecule has 0 saturated carbocycles. The smallest absolute Gasteiger partial charge is 0.269 e. The molecule has 5 atom stereocenters. The van der Waals surface area contributed by atoms with Gasteiger partial charge in [-0.05, 0) is 36.7 Å². The maximum atomic E-state index is 15.9. The monoisotopic (exact) mass is 541 g/mol. The van der Waals surface area contributed by atoms with Crippen LogP contribution in [-0.2, 0) is 32.9 Å². The van der Waals surface area contributed by atoms with Gasteiger partial charge in [0.25, 0.3) is 11.6 Å². The summed E-state index contributed by atoms with van der Waals surface area (Å²) in [5, 5.41) is 21.6. The van der Waals surface area contributed by atoms with Crippen LogP contribution in [0.3, 0.4) is 0 Å². The van der Waals surface area contributed by atoms with Gasteiger partial charge < -0.3 is 23.8 Å². The summed E-state index contributed by atoms with van der Waals surface area (Å²) in [5.41, 5.74) is 0.370. The zero-order valence-corrected chi connectivity index (χ0v) is 22.9. The molecule has 1 fully saturated rings. The minimum absolute atomic E-state index is 0.156. The number of nitro benzene ring substituents is 1. The maximum absolute atomic E-state index is 15.9. The largest absolute Gasteiger partial charge is 0.394 e. The number of ether oxygens (including phenoxy) is 1. The van der Waals surface area contributed by atoms with Gasteiger partial charge in [0.05, 0.1) is 35.8 Å². The van der Waals surface area contributed by atoms with Crippen molar-refractivity contribution in [3.63, 3.8) is 0 Å². The number of halogens is 1. The lowest BCUT2D eigenvalue weighted by Crippen LogP contribution is -2.48. The fourth-order valence-corrected chi connectivity index (χ4v) is 9.28. The summed E-state index contributed by atoms with van der Waals surface area (Å²) >= 11 is 0. The molecule has 1 saturated heterocycles. The van der Waals surface area contributed by atoms with E-state index in [-0.39, 0.29) is 24.6 Å². The molecule has 2 aromatic rings. The van der Waals surface area contributed by atoms with E-state index in [9.17, 15) is 24.8 Å². The number of hydrogen-bond donors (Lipinski definition) is 1. The van der Waals surface area contributed by atoms with Crippen LogP contribution < -0.4 is 4.90 Å². The van der Waals surface area contributed by atoms with Gasteiger partial charge in [0.15, 0.2) is 5.60 Å². The lowest BCUT2D eigenvalue weighted by atomic mass is 9.82. The van der Waals surface area contributed by atoms with Gasteiger partial charge in [0, 0.05) is 42.7 Å². The molecule has 1 spiro atoms. The Morgan fingerprint density at radius 2 is 1.95 bits per heavy atom. The number of rotatable bonds is 5. The summed E-state index contributed by atoms with van der Waals surface area (Å²) in [7, 11) is -1.93. The zero-order valence-electron chi connectivity index (χ0n) is 21.9. The van der Waals surface area contributed by atoms with Crippen LogP contribution >= 0.6 is 0 Å². The third kappa shape index (κ3) is 3.95. The van der Waals surface area contributed by atoms with Gasteiger partial charge in [-0.3, -0.25) is 19.7 Å². The molecule has 0 bridgehead atoms. The summed E-state index contributed by atoms with van der Waals surface area (Å²) in [6.45, 7) is 4.94. The highest BCUT2D eigenvalue weighted by Crippen LogP contribution is 2.60. The summed E-state index contributed by atoms with van der Waals surface area (Å²) in [4.78, 5) is 41.4. The highest BCUT2D eigenvalue weighted by Gasteiger charge is 2.67. The number of anilines is 1. The van der Waals surface area contributed by atoms with Gasteiger partial charge in [-0.25, -0.2) is 0 Å². The second-order valence-electron chi connectivity index (χ2n) is 11.1. The molecule has 0 radical (unpaired) electrons. The first-order chi connectivity index (χ1) is 17.9. The number of hydrogen-bond acceptors (Lipinski definition) is 6. The van der Waals surface area contributed by atoms with Gasteiger partial charge in [-0.1, -0.05) is 31.2 Å². The van der Waals surface area contributed by atoms with Crippen molar-refractivity contribution in [2.45, 2.75) is 62.7 Å². The average Bonchev–Trinajstić information content (AvgIpc) is 3.29. The molecular formula is C27H32FN3O6Si. The molecule has 9 nitrogen and oxygen atoms in total. The quantitative estimate of drug-likeness (QED) is 0.267. The standard InChI is InChI=1S/C27H32FN3O6Si/c1-16-25(38(3,4)28)23(13-24(33)30-14-18-8-6-5-7-17(18)11-20(30)15-32)37-27(16)21-12-19(31(35)36)9-10-22(21)29(2)26(27)34/h5-10,12,16,20,23,25,32H,11,13-15H2,1-4H3/t16-,20+,23+,25-,27+/m1/s1. The Morgan fingerprint density at radius 1 is 1.26 bits per heavy atom. The second-order valence-corrected chi connectivity index (χ2v) is 14.9. The number of benzene rings is 2. The molecule has 11 heteroatoms. The van der Waals surface area contributed by atoms with E-state index in [4.69, 9.17) is 4.74 Å². The number of nitrogens with zero attached hydrogens (tertiary/aromatic N) is 3. The molecule has 1 N–H and O–H groups in total. The molecule has 0 unspecified atom stereocenters. The van der Waals surface area contributed by atoms with Crippen LogP contribution in [0.4, 0.5) is 15.5 Å². The summed E-state index contributed by atoms with van der Waals surface area (Å²) in [6.07, 6.45) is -0.544. The van der Waals surface area contributed by atoms with Crippen molar-refractivity contribution in [2.75, 3.05) is 18.6 Å². The van der Waals surface area contributed by atoms with Gasteiger partial charge >= 0.3 is 0 Å². The lowest BCUT2D eigenvalue weighted by molar-refractivity contribution is -0.385. The van der Waals surface area contributed by atoms with Crippen molar-refractivity contribution >= 4 is 31.6 Å². The highest BCUT2D eigenvalue weighted by molar-refractivity contribution is 6.72. The first-order valence-electron chi connectivity index (χ1n) is 12.8. The van der Waals surface area contributed by atoms with Crippen molar-refractivity contribution in [1.82, 2.24) is 4.90 Å². The van der Waals surface area contributed by atoms with E-state index in [0.29, 0.717) is 24.2 Å². The van der Waals surface area contributed by atoms with Crippen molar-refractivity contribution < 1.29 is 28.5 Å². The number of aliphatic hydroxyl groups is 1. The van der Waals surface area contributed by atoms with Gasteiger partial charge in [-0.15, -0.1) is 0 Å². The Labute approximate surface area is 221 Å². The van der Waals surface area contributed by atoms with Crippen molar-refractivity contribution in [3.05, 3.63) is 69.3 Å². The molecule has 2 amide bonds. The molecule has 3 aliphatic rings. The normalized spacial score (nSPS) is 28.5. The van der Waals surface area contributed by atoms with Crippen molar-refractivity contribution in [3.8, 4) is 0 Å². The number of likely N-dealkylation sites (N-methyl/N-ethyl adjacent to an activating group) is 1. The number of amides is 2. The molecule has 202 valence electrons. The molecule has 0 aromatic heterocycles. The zero-order chi connectivity index (χ0) is 27.6. The average molecular weight is 542 g/mol. The fourth-order valence-electron chi connectivity index (χ4n) is 6.79. The van der Waals surface area contributed by atoms with E-state index in [2.05, 4.69) is 0 Å². The summed E-state index contributed by atoms with van der Waals surface area (Å²) < 4.78 is 22.4. The minimum atomic E-state index is -3.50. The van der Waals surface area contributed by atoms with E-state index in [1.54, 1.807) is 32.0 Å². The van der Waals surface area contributed by atoms with Crippen LogP contribution in [0, 0.1) is 16.0 Å². The third-order valence-electron chi connectivity index (χ3n) is 8.55. The van der Waals surface area contributed by atoms with E-state index in [0.717, 1.165) is 11.1 Å². The molecule has 3 aliphatic heterocycles. The molecule has 3 heterocycles. The Balaban J connectivity index is 1.51. The van der Waals surface area contributed by atoms with Crippen molar-refractivity contribution in [1.29, 1.82) is 0 Å². The van der Waals surface area contributed by atoms with Crippen molar-refractivity contribution in [2.24, 2.45) is 5.92 Å². The number of non-ortho nitro benzene ring substituents is 1. The maximum Gasteiger partial charge on any atom is 0.269 e. The van der Waals surface area contributed by atoms with Gasteiger partial charge in [0.1, 0.15) is 0 Å². The number of carbonyl (C=O) groups excluding carboxylic acids is 2. The van der Waals surface area contributed by atoms with E-state index < -0.39 is 48.4 Å². The van der Waals surface area contributed by atoms with Crippen LogP contribution in [0.25, 0.3) is 0 Å². The molecule has 2 aromatic carbocycles. The predicted molar refractivity (Wildman–Crippen MR) is 141 cm³/mol. The number of aliphatic hydroxyl groups excluding tert-OH is 1. The SMILES string of the molecule is C[C@@H]1[C@@H]([Si](C)(C)F)[C@H](CC(=O)N2Cc3ccccc3C[C@H]2CO)O[C@@]12C(=O)N(C)c1ccc([N+](=O)[O-])cc12. The summed E-state index contributed by atoms with van der Waals surface area (Å²) in [6, 6.07) is 11.5. The highest BCUT2D eigenvalue weighted by atomic mass is 28.4. The van der Waals surface area contributed by atoms with Crippen LogP contribution in [0.1, 0.15) is 30.0 Å². The Morgan fingerprint density at radius 3 is 2.58 bits per heavy atom. The van der Waals surface area contributed by atoms with Crippen LogP contribution in [0.15, 0.2) is 42.5 Å². The minimum Gasteiger partial charge on any atom is -0.394 e. The number of nitro groups is 1. The van der Waals surface area contributed by atoms with E-state index in [1.807, 2.05) is 24.3 Å². The Kier molecular flexibility index (Phi) is 6.44. The number of carbonyl (C=O) groups is 2. The van der Waals surface area contributed by atoms with Crippen LogP contribution in [-0.4, -0.2) is 61.0 Å². The molecular weight excluding hydrogens is 509 g/mol. The Bertz CT molecular complexity index is 1320. The van der Waals surface area contributed by atoms with Gasteiger partial charge in [0.2, 0.25) is 14.3 Å². The second kappa shape index (κ2) is 9.25. The Hall–Kier alpha value is -3.15. The summed E-state index contributed by atoms with van der Waals surface area (Å²) in [5.74, 6) is -1.35. The molecule has 38 heavy (non-hydrogen) atoms.